The molecule has 6 heteroatoms. The first kappa shape index (κ1) is 14.6. The molecule has 20 heavy (non-hydrogen) atoms. The number of hydrogen-bond donors (Lipinski definition) is 1. The van der Waals surface area contributed by atoms with E-state index in [1.165, 1.54) is 12.3 Å². The van der Waals surface area contributed by atoms with Crippen LogP contribution in [0, 0.1) is 5.82 Å². The number of sulfonamides is 1. The lowest BCUT2D eigenvalue weighted by atomic mass is 10.0. The smallest absolute Gasteiger partial charge is 0.241 e. The summed E-state index contributed by atoms with van der Waals surface area (Å²) in [6.07, 6.45) is 1.25. The molecule has 0 fully saturated rings. The van der Waals surface area contributed by atoms with Gasteiger partial charge in [0.25, 0.3) is 10.0 Å². The predicted molar refractivity (Wildman–Crippen MR) is 74.2 cm³/mol. The molecule has 2 rings (SSSR count). The number of nitrogens with one attached hydrogen (secondary N) is 1. The highest BCUT2D eigenvalue weighted by Gasteiger charge is 2.21. The number of pyridine rings is 1. The first-order valence-corrected chi connectivity index (χ1v) is 7.64. The van der Waals surface area contributed by atoms with Crippen LogP contribution in [0.1, 0.15) is 18.4 Å². The molecule has 0 amide bonds. The van der Waals surface area contributed by atoms with Crippen LogP contribution in [-0.2, 0) is 10.0 Å². The van der Waals surface area contributed by atoms with Crippen molar-refractivity contribution in [1.29, 1.82) is 0 Å². The normalized spacial score (nSPS) is 13.1. The Bertz CT molecular complexity index is 675. The van der Waals surface area contributed by atoms with E-state index < -0.39 is 20.9 Å². The largest absolute Gasteiger partial charge is 0.261 e. The Balaban J connectivity index is 2.09. The summed E-state index contributed by atoms with van der Waals surface area (Å²) in [4.78, 5) is 3.58. The molecule has 0 aliphatic heterocycles. The van der Waals surface area contributed by atoms with Crippen LogP contribution in [0.4, 0.5) is 4.39 Å². The van der Waals surface area contributed by atoms with E-state index in [9.17, 15) is 12.8 Å². The summed E-state index contributed by atoms with van der Waals surface area (Å²) in [7, 11) is -3.93. The maximum Gasteiger partial charge on any atom is 0.261 e. The van der Waals surface area contributed by atoms with Gasteiger partial charge < -0.3 is 0 Å². The molecule has 0 aliphatic rings. The lowest BCUT2D eigenvalue weighted by Gasteiger charge is -2.13. The van der Waals surface area contributed by atoms with Crippen LogP contribution >= 0.6 is 0 Å². The number of hydrogen-bond acceptors (Lipinski definition) is 3. The second kappa shape index (κ2) is 6.11. The zero-order valence-electron chi connectivity index (χ0n) is 11.0. The SMILES string of the molecule is CC(CNS(=O)(=O)c1ncccc1F)c1ccccc1. The van der Waals surface area contributed by atoms with Gasteiger partial charge in [-0.1, -0.05) is 37.3 Å². The highest BCUT2D eigenvalue weighted by molar-refractivity contribution is 7.89. The highest BCUT2D eigenvalue weighted by Crippen LogP contribution is 2.15. The summed E-state index contributed by atoms with van der Waals surface area (Å²) in [5, 5.41) is -0.569. The summed E-state index contributed by atoms with van der Waals surface area (Å²) >= 11 is 0. The standard InChI is InChI=1S/C14H15FN2O2S/c1-11(12-6-3-2-4-7-12)10-17-20(18,19)14-13(15)8-5-9-16-14/h2-9,11,17H,10H2,1H3. The molecule has 1 unspecified atom stereocenters. The van der Waals surface area contributed by atoms with Crippen molar-refractivity contribution in [2.75, 3.05) is 6.54 Å². The molecule has 4 nitrogen and oxygen atoms in total. The average molecular weight is 294 g/mol. The maximum atomic E-state index is 13.5. The van der Waals surface area contributed by atoms with E-state index in [1.54, 1.807) is 0 Å². The Kier molecular flexibility index (Phi) is 4.46. The van der Waals surface area contributed by atoms with Crippen LogP contribution in [0.15, 0.2) is 53.7 Å². The number of rotatable bonds is 5. The highest BCUT2D eigenvalue weighted by atomic mass is 32.2. The minimum Gasteiger partial charge on any atom is -0.241 e. The first-order valence-electron chi connectivity index (χ1n) is 6.16. The van der Waals surface area contributed by atoms with Crippen molar-refractivity contribution in [3.8, 4) is 0 Å². The molecule has 0 spiro atoms. The fraction of sp³-hybridized carbons (Fsp3) is 0.214. The second-order valence-corrected chi connectivity index (χ2v) is 6.14. The van der Waals surface area contributed by atoms with Gasteiger partial charge >= 0.3 is 0 Å². The van der Waals surface area contributed by atoms with Crippen LogP contribution in [0.25, 0.3) is 0 Å². The molecule has 0 bridgehead atoms. The molecule has 0 radical (unpaired) electrons. The molecule has 1 atom stereocenters. The maximum absolute atomic E-state index is 13.5. The minimum absolute atomic E-state index is 0.0160. The number of nitrogens with zero attached hydrogens (tertiary/aromatic N) is 1. The van der Waals surface area contributed by atoms with E-state index >= 15 is 0 Å². The van der Waals surface area contributed by atoms with E-state index in [4.69, 9.17) is 0 Å². The molecule has 0 saturated heterocycles. The van der Waals surface area contributed by atoms with Crippen molar-refractivity contribution in [2.24, 2.45) is 0 Å². The van der Waals surface area contributed by atoms with E-state index in [-0.39, 0.29) is 12.5 Å². The lowest BCUT2D eigenvalue weighted by Crippen LogP contribution is -2.29. The van der Waals surface area contributed by atoms with Crippen LogP contribution in [-0.4, -0.2) is 19.9 Å². The second-order valence-electron chi connectivity index (χ2n) is 4.45. The monoisotopic (exact) mass is 294 g/mol. The fourth-order valence-electron chi connectivity index (χ4n) is 1.77. The molecule has 0 saturated carbocycles. The van der Waals surface area contributed by atoms with Gasteiger partial charge in [-0.25, -0.2) is 22.5 Å². The molecule has 1 heterocycles. The summed E-state index contributed by atoms with van der Waals surface area (Å²) in [6.45, 7) is 2.08. The third kappa shape index (κ3) is 3.40. The van der Waals surface area contributed by atoms with Crippen molar-refractivity contribution >= 4 is 10.0 Å². The Morgan fingerprint density at radius 1 is 1.20 bits per heavy atom. The molecular formula is C14H15FN2O2S. The van der Waals surface area contributed by atoms with Gasteiger partial charge in [-0.15, -0.1) is 0 Å². The third-order valence-electron chi connectivity index (χ3n) is 2.93. The van der Waals surface area contributed by atoms with Gasteiger partial charge in [0.2, 0.25) is 5.03 Å². The van der Waals surface area contributed by atoms with E-state index in [2.05, 4.69) is 9.71 Å². The molecule has 2 aromatic rings. The minimum atomic E-state index is -3.93. The summed E-state index contributed by atoms with van der Waals surface area (Å²) in [5.74, 6) is -0.870. The van der Waals surface area contributed by atoms with Gasteiger partial charge in [-0.05, 0) is 23.6 Å². The fourth-order valence-corrected chi connectivity index (χ4v) is 2.90. The van der Waals surface area contributed by atoms with E-state index in [0.29, 0.717) is 0 Å². The zero-order valence-corrected chi connectivity index (χ0v) is 11.8. The first-order chi connectivity index (χ1) is 9.50. The van der Waals surface area contributed by atoms with Crippen LogP contribution < -0.4 is 4.72 Å². The van der Waals surface area contributed by atoms with Crippen molar-refractivity contribution in [3.05, 3.63) is 60.0 Å². The van der Waals surface area contributed by atoms with Gasteiger partial charge in [-0.3, -0.25) is 0 Å². The number of benzene rings is 1. The zero-order chi connectivity index (χ0) is 14.6. The Morgan fingerprint density at radius 3 is 2.55 bits per heavy atom. The Labute approximate surface area is 117 Å². The van der Waals surface area contributed by atoms with Crippen molar-refractivity contribution in [3.63, 3.8) is 0 Å². The molecular weight excluding hydrogens is 279 g/mol. The summed E-state index contributed by atoms with van der Waals surface area (Å²) in [5.41, 5.74) is 1.01. The molecule has 106 valence electrons. The molecule has 0 aliphatic carbocycles. The topological polar surface area (TPSA) is 59.1 Å². The van der Waals surface area contributed by atoms with Crippen molar-refractivity contribution < 1.29 is 12.8 Å². The van der Waals surface area contributed by atoms with Crippen LogP contribution in [0.5, 0.6) is 0 Å². The van der Waals surface area contributed by atoms with Crippen LogP contribution in [0.2, 0.25) is 0 Å². The molecule has 1 N–H and O–H groups in total. The Hall–Kier alpha value is -1.79. The van der Waals surface area contributed by atoms with Gasteiger partial charge in [0, 0.05) is 12.7 Å². The van der Waals surface area contributed by atoms with E-state index in [0.717, 1.165) is 11.6 Å². The van der Waals surface area contributed by atoms with Gasteiger partial charge in [0.05, 0.1) is 0 Å². The van der Waals surface area contributed by atoms with Gasteiger partial charge in [-0.2, -0.15) is 0 Å². The van der Waals surface area contributed by atoms with Gasteiger partial charge in [0.1, 0.15) is 0 Å². The quantitative estimate of drug-likeness (QED) is 0.920. The van der Waals surface area contributed by atoms with Gasteiger partial charge in [0.15, 0.2) is 5.82 Å². The molecule has 1 aromatic carbocycles. The van der Waals surface area contributed by atoms with Crippen molar-refractivity contribution in [1.82, 2.24) is 9.71 Å². The summed E-state index contributed by atoms with van der Waals surface area (Å²) < 4.78 is 39.8. The van der Waals surface area contributed by atoms with Crippen LogP contribution in [0.3, 0.4) is 0 Å². The average Bonchev–Trinajstić information content (AvgIpc) is 2.46. The third-order valence-corrected chi connectivity index (χ3v) is 4.28. The summed E-state index contributed by atoms with van der Waals surface area (Å²) in [6, 6.07) is 11.9. The number of aromatic nitrogens is 1. The van der Waals surface area contributed by atoms with E-state index in [1.807, 2.05) is 37.3 Å². The lowest BCUT2D eigenvalue weighted by molar-refractivity contribution is 0.541. The predicted octanol–water partition coefficient (Wildman–Crippen LogP) is 2.30. The van der Waals surface area contributed by atoms with Crippen molar-refractivity contribution in [2.45, 2.75) is 17.9 Å². The number of halogens is 1. The molecule has 1 aromatic heterocycles. The Morgan fingerprint density at radius 2 is 1.90 bits per heavy atom.